The van der Waals surface area contributed by atoms with E-state index in [9.17, 15) is 24.4 Å². The van der Waals surface area contributed by atoms with Crippen LogP contribution in [0.3, 0.4) is 0 Å². The smallest absolute Gasteiger partial charge is 0.408 e. The quantitative estimate of drug-likeness (QED) is 0.397. The lowest BCUT2D eigenvalue weighted by atomic mass is 10.0. The van der Waals surface area contributed by atoms with Crippen LogP contribution in [0, 0.1) is 0 Å². The van der Waals surface area contributed by atoms with Crippen LogP contribution in [0.25, 0.3) is 0 Å². The zero-order valence-electron chi connectivity index (χ0n) is 15.2. The van der Waals surface area contributed by atoms with Gasteiger partial charge in [0.05, 0.1) is 6.04 Å². The zero-order valence-corrected chi connectivity index (χ0v) is 15.2. The highest BCUT2D eigenvalue weighted by Gasteiger charge is 2.46. The Morgan fingerprint density at radius 3 is 2.50 bits per heavy atom. The van der Waals surface area contributed by atoms with E-state index >= 15 is 0 Å². The molecule has 2 fully saturated rings. The summed E-state index contributed by atoms with van der Waals surface area (Å²) in [6, 6.07) is -2.65. The number of carbonyl (C=O) groups is 4. The number of hydroxylamine groups is 2. The molecule has 2 saturated heterocycles. The van der Waals surface area contributed by atoms with Crippen molar-refractivity contribution >= 4 is 23.9 Å². The summed E-state index contributed by atoms with van der Waals surface area (Å²) in [5.41, 5.74) is 3.76. The van der Waals surface area contributed by atoms with Gasteiger partial charge in [0, 0.05) is 6.54 Å². The second-order valence-electron chi connectivity index (χ2n) is 7.37. The minimum atomic E-state index is -0.942. The standard InChI is InChI=1S/C15H25N5O6/c1-8(16-13(23)26-15(2,3)4)11(21)17-18-12(22)10-6-5-9-7-19(10)14(24)20(9)25/h8-10,25H,5-7H2,1-4H3,(H,16,23)(H,17,21)(H,18,22)/t8-,9+,10+/m1/s1. The molecule has 2 aliphatic heterocycles. The Kier molecular flexibility index (Phi) is 5.59. The van der Waals surface area contributed by atoms with Crippen molar-refractivity contribution < 1.29 is 29.1 Å². The second kappa shape index (κ2) is 7.36. The Balaban J connectivity index is 1.80. The number of rotatable bonds is 3. The Morgan fingerprint density at radius 1 is 1.23 bits per heavy atom. The van der Waals surface area contributed by atoms with Gasteiger partial charge in [-0.3, -0.25) is 25.6 Å². The van der Waals surface area contributed by atoms with Crippen LogP contribution in [0.15, 0.2) is 0 Å². The normalized spacial score (nSPS) is 23.3. The first-order valence-electron chi connectivity index (χ1n) is 8.37. The van der Waals surface area contributed by atoms with Gasteiger partial charge in [0.2, 0.25) is 0 Å². The van der Waals surface area contributed by atoms with Gasteiger partial charge in [0.1, 0.15) is 17.7 Å². The summed E-state index contributed by atoms with van der Waals surface area (Å²) in [6.07, 6.45) is 0.109. The zero-order chi connectivity index (χ0) is 19.6. The molecule has 2 bridgehead atoms. The summed E-state index contributed by atoms with van der Waals surface area (Å²) in [5.74, 6) is -1.21. The fourth-order valence-corrected chi connectivity index (χ4v) is 2.79. The number of piperidine rings is 1. The van der Waals surface area contributed by atoms with Crippen molar-refractivity contribution in [2.75, 3.05) is 6.54 Å². The van der Waals surface area contributed by atoms with Crippen LogP contribution in [0.4, 0.5) is 9.59 Å². The minimum absolute atomic E-state index is 0.262. The number of alkyl carbamates (subject to hydrolysis) is 1. The molecular formula is C15H25N5O6. The van der Waals surface area contributed by atoms with Gasteiger partial charge in [0.15, 0.2) is 0 Å². The number of hydrogen-bond acceptors (Lipinski definition) is 6. The van der Waals surface area contributed by atoms with Crippen LogP contribution in [0.1, 0.15) is 40.5 Å². The van der Waals surface area contributed by atoms with E-state index < -0.39 is 41.6 Å². The number of nitrogens with one attached hydrogen (secondary N) is 3. The maximum Gasteiger partial charge on any atom is 0.408 e. The minimum Gasteiger partial charge on any atom is -0.444 e. The molecule has 3 atom stereocenters. The van der Waals surface area contributed by atoms with Gasteiger partial charge in [0.25, 0.3) is 11.8 Å². The predicted molar refractivity (Wildman–Crippen MR) is 87.7 cm³/mol. The second-order valence-corrected chi connectivity index (χ2v) is 7.37. The molecule has 0 unspecified atom stereocenters. The molecule has 0 aromatic rings. The number of nitrogens with zero attached hydrogens (tertiary/aromatic N) is 2. The van der Waals surface area contributed by atoms with E-state index in [1.807, 2.05) is 0 Å². The number of ether oxygens (including phenoxy) is 1. The van der Waals surface area contributed by atoms with Crippen molar-refractivity contribution in [2.45, 2.75) is 64.3 Å². The van der Waals surface area contributed by atoms with Crippen molar-refractivity contribution in [2.24, 2.45) is 0 Å². The fraction of sp³-hybridized carbons (Fsp3) is 0.733. The van der Waals surface area contributed by atoms with E-state index in [4.69, 9.17) is 4.74 Å². The molecule has 2 aliphatic rings. The van der Waals surface area contributed by atoms with E-state index in [2.05, 4.69) is 16.2 Å². The van der Waals surface area contributed by atoms with E-state index in [1.54, 1.807) is 20.8 Å². The molecule has 0 radical (unpaired) electrons. The first-order valence-corrected chi connectivity index (χ1v) is 8.37. The molecular weight excluding hydrogens is 346 g/mol. The van der Waals surface area contributed by atoms with Crippen molar-refractivity contribution in [3.63, 3.8) is 0 Å². The Hall–Kier alpha value is -2.56. The molecule has 0 aliphatic carbocycles. The average molecular weight is 371 g/mol. The first kappa shape index (κ1) is 19.8. The van der Waals surface area contributed by atoms with Crippen molar-refractivity contribution in [3.8, 4) is 0 Å². The maximum atomic E-state index is 12.2. The van der Waals surface area contributed by atoms with E-state index in [-0.39, 0.29) is 12.6 Å². The molecule has 11 heteroatoms. The highest BCUT2D eigenvalue weighted by Crippen LogP contribution is 2.28. The van der Waals surface area contributed by atoms with Crippen molar-refractivity contribution in [1.29, 1.82) is 0 Å². The highest BCUT2D eigenvalue weighted by molar-refractivity contribution is 5.91. The SMILES string of the molecule is C[C@@H](NC(=O)OC(C)(C)C)C(=O)NNC(=O)[C@@H]1CC[C@H]2CN1C(=O)N2O. The Labute approximate surface area is 150 Å². The third kappa shape index (κ3) is 4.54. The van der Waals surface area contributed by atoms with Crippen LogP contribution in [0.5, 0.6) is 0 Å². The lowest BCUT2D eigenvalue weighted by molar-refractivity contribution is -0.132. The van der Waals surface area contributed by atoms with E-state index in [0.29, 0.717) is 17.9 Å². The number of hydrazine groups is 1. The topological polar surface area (TPSA) is 140 Å². The number of urea groups is 1. The lowest BCUT2D eigenvalue weighted by Gasteiger charge is -2.29. The van der Waals surface area contributed by atoms with Gasteiger partial charge < -0.3 is 15.0 Å². The summed E-state index contributed by atoms with van der Waals surface area (Å²) in [7, 11) is 0. The summed E-state index contributed by atoms with van der Waals surface area (Å²) in [6.45, 7) is 6.78. The molecule has 4 N–H and O–H groups in total. The molecule has 2 rings (SSSR count). The third-order valence-corrected chi connectivity index (χ3v) is 4.08. The largest absolute Gasteiger partial charge is 0.444 e. The Bertz CT molecular complexity index is 604. The predicted octanol–water partition coefficient (Wildman–Crippen LogP) is -0.295. The van der Waals surface area contributed by atoms with E-state index in [0.717, 1.165) is 0 Å². The van der Waals surface area contributed by atoms with Gasteiger partial charge >= 0.3 is 12.1 Å². The Morgan fingerprint density at radius 2 is 1.88 bits per heavy atom. The van der Waals surface area contributed by atoms with Crippen LogP contribution < -0.4 is 16.2 Å². The number of amides is 5. The number of hydrogen-bond donors (Lipinski definition) is 4. The van der Waals surface area contributed by atoms with Gasteiger partial charge in [-0.2, -0.15) is 0 Å². The summed E-state index contributed by atoms with van der Waals surface area (Å²) < 4.78 is 5.04. The van der Waals surface area contributed by atoms with Crippen molar-refractivity contribution in [1.82, 2.24) is 26.1 Å². The summed E-state index contributed by atoms with van der Waals surface area (Å²) in [4.78, 5) is 49.0. The molecule has 26 heavy (non-hydrogen) atoms. The van der Waals surface area contributed by atoms with Gasteiger partial charge in [-0.15, -0.1) is 0 Å². The fourth-order valence-electron chi connectivity index (χ4n) is 2.79. The van der Waals surface area contributed by atoms with Crippen LogP contribution >= 0.6 is 0 Å². The van der Waals surface area contributed by atoms with Crippen molar-refractivity contribution in [3.05, 3.63) is 0 Å². The van der Waals surface area contributed by atoms with E-state index in [1.165, 1.54) is 11.8 Å². The highest BCUT2D eigenvalue weighted by atomic mass is 16.6. The molecule has 0 aromatic carbocycles. The lowest BCUT2D eigenvalue weighted by Crippen LogP contribution is -2.57. The summed E-state index contributed by atoms with van der Waals surface area (Å²) in [5, 5.41) is 12.6. The van der Waals surface area contributed by atoms with Gasteiger partial charge in [-0.1, -0.05) is 0 Å². The maximum absolute atomic E-state index is 12.2. The molecule has 0 saturated carbocycles. The monoisotopic (exact) mass is 371 g/mol. The van der Waals surface area contributed by atoms with Gasteiger partial charge in [-0.25, -0.2) is 14.7 Å². The molecule has 146 valence electrons. The molecule has 0 aromatic heterocycles. The molecule has 0 spiro atoms. The van der Waals surface area contributed by atoms with Gasteiger partial charge in [-0.05, 0) is 40.5 Å². The van der Waals surface area contributed by atoms with Crippen LogP contribution in [-0.4, -0.2) is 69.4 Å². The van der Waals surface area contributed by atoms with Crippen LogP contribution in [-0.2, 0) is 14.3 Å². The average Bonchev–Trinajstić information content (AvgIpc) is 2.75. The number of carbonyl (C=O) groups excluding carboxylic acids is 4. The number of fused-ring (bicyclic) bond motifs is 2. The third-order valence-electron chi connectivity index (χ3n) is 4.08. The summed E-state index contributed by atoms with van der Waals surface area (Å²) >= 11 is 0. The molecule has 11 nitrogen and oxygen atoms in total. The molecule has 5 amide bonds. The molecule has 2 heterocycles. The van der Waals surface area contributed by atoms with Crippen LogP contribution in [0.2, 0.25) is 0 Å². The first-order chi connectivity index (χ1) is 12.0.